The smallest absolute Gasteiger partial charge is 0.210 e. The third-order valence-electron chi connectivity index (χ3n) is 3.99. The van der Waals surface area contributed by atoms with Crippen molar-refractivity contribution in [1.82, 2.24) is 10.2 Å². The molecule has 0 radical (unpaired) electrons. The number of hydrogen-bond acceptors (Lipinski definition) is 7. The van der Waals surface area contributed by atoms with Gasteiger partial charge in [-0.25, -0.2) is 0 Å². The normalized spacial score (nSPS) is 10.6. The molecule has 2 aromatic carbocycles. The standard InChI is InChI=1S/C19H19N3O2S2/c1-12-5-4-6-16(13(12)2)20-18-21-22-19(26-18)25-11-17(23)14-7-9-15(24-3)10-8-14/h4-10H,11H2,1-3H3,(H,20,21). The highest BCUT2D eigenvalue weighted by molar-refractivity contribution is 8.01. The van der Waals surface area contributed by atoms with E-state index < -0.39 is 0 Å². The number of hydrogen-bond donors (Lipinski definition) is 1. The summed E-state index contributed by atoms with van der Waals surface area (Å²) in [7, 11) is 1.60. The summed E-state index contributed by atoms with van der Waals surface area (Å²) in [5.41, 5.74) is 4.09. The summed E-state index contributed by atoms with van der Waals surface area (Å²) >= 11 is 2.84. The zero-order chi connectivity index (χ0) is 18.5. The van der Waals surface area contributed by atoms with Gasteiger partial charge in [-0.1, -0.05) is 35.2 Å². The predicted molar refractivity (Wildman–Crippen MR) is 107 cm³/mol. The number of nitrogens with zero attached hydrogens (tertiary/aromatic N) is 2. The first-order chi connectivity index (χ1) is 12.6. The molecule has 0 atom stereocenters. The molecule has 7 heteroatoms. The first-order valence-electron chi connectivity index (χ1n) is 8.03. The highest BCUT2D eigenvalue weighted by atomic mass is 32.2. The van der Waals surface area contributed by atoms with Crippen molar-refractivity contribution in [2.75, 3.05) is 18.2 Å². The summed E-state index contributed by atoms with van der Waals surface area (Å²) in [6.45, 7) is 4.15. The van der Waals surface area contributed by atoms with Crippen molar-refractivity contribution in [1.29, 1.82) is 0 Å². The number of ketones is 1. The van der Waals surface area contributed by atoms with Crippen LogP contribution in [0.15, 0.2) is 46.8 Å². The largest absolute Gasteiger partial charge is 0.497 e. The lowest BCUT2D eigenvalue weighted by molar-refractivity contribution is 0.102. The van der Waals surface area contributed by atoms with Crippen molar-refractivity contribution in [2.24, 2.45) is 0 Å². The number of carbonyl (C=O) groups excluding carboxylic acids is 1. The first-order valence-corrected chi connectivity index (χ1v) is 9.84. The average Bonchev–Trinajstić information content (AvgIpc) is 3.11. The molecular formula is C19H19N3O2S2. The van der Waals surface area contributed by atoms with Crippen LogP contribution in [0.25, 0.3) is 0 Å². The Morgan fingerprint density at radius 3 is 2.65 bits per heavy atom. The summed E-state index contributed by atoms with van der Waals surface area (Å²) in [6.07, 6.45) is 0. The number of nitrogens with one attached hydrogen (secondary N) is 1. The zero-order valence-corrected chi connectivity index (χ0v) is 16.4. The Labute approximate surface area is 160 Å². The van der Waals surface area contributed by atoms with Gasteiger partial charge in [0.25, 0.3) is 0 Å². The van der Waals surface area contributed by atoms with Gasteiger partial charge in [0.15, 0.2) is 10.1 Å². The van der Waals surface area contributed by atoms with Gasteiger partial charge in [-0.05, 0) is 55.3 Å². The van der Waals surface area contributed by atoms with Crippen molar-refractivity contribution < 1.29 is 9.53 Å². The molecule has 0 spiro atoms. The monoisotopic (exact) mass is 385 g/mol. The van der Waals surface area contributed by atoms with Crippen LogP contribution < -0.4 is 10.1 Å². The fourth-order valence-electron chi connectivity index (χ4n) is 2.31. The highest BCUT2D eigenvalue weighted by Gasteiger charge is 2.11. The van der Waals surface area contributed by atoms with Gasteiger partial charge in [0.05, 0.1) is 12.9 Å². The molecule has 0 fully saturated rings. The topological polar surface area (TPSA) is 64.1 Å². The lowest BCUT2D eigenvalue weighted by atomic mass is 10.1. The van der Waals surface area contributed by atoms with E-state index in [4.69, 9.17) is 4.74 Å². The molecule has 0 aliphatic rings. The molecule has 134 valence electrons. The molecule has 3 aromatic rings. The van der Waals surface area contributed by atoms with Crippen molar-refractivity contribution in [2.45, 2.75) is 18.2 Å². The Bertz CT molecular complexity index is 907. The maximum absolute atomic E-state index is 12.3. The summed E-state index contributed by atoms with van der Waals surface area (Å²) in [5, 5.41) is 12.3. The molecule has 0 saturated carbocycles. The summed E-state index contributed by atoms with van der Waals surface area (Å²) in [4.78, 5) is 12.3. The van der Waals surface area contributed by atoms with E-state index in [9.17, 15) is 4.79 Å². The van der Waals surface area contributed by atoms with Crippen molar-refractivity contribution in [3.63, 3.8) is 0 Å². The molecule has 0 saturated heterocycles. The lowest BCUT2D eigenvalue weighted by Gasteiger charge is -2.08. The second kappa shape index (κ2) is 8.33. The number of Topliss-reactive ketones (excluding diaryl/α,β-unsaturated/α-hetero) is 1. The van der Waals surface area contributed by atoms with E-state index in [1.807, 2.05) is 12.1 Å². The molecule has 0 bridgehead atoms. The van der Waals surface area contributed by atoms with Crippen LogP contribution in [0.2, 0.25) is 0 Å². The van der Waals surface area contributed by atoms with E-state index in [2.05, 4.69) is 35.4 Å². The third-order valence-corrected chi connectivity index (χ3v) is 5.96. The average molecular weight is 386 g/mol. The van der Waals surface area contributed by atoms with Gasteiger partial charge in [-0.15, -0.1) is 10.2 Å². The van der Waals surface area contributed by atoms with E-state index >= 15 is 0 Å². The van der Waals surface area contributed by atoms with Crippen molar-refractivity contribution in [3.8, 4) is 5.75 Å². The Morgan fingerprint density at radius 2 is 1.92 bits per heavy atom. The van der Waals surface area contributed by atoms with E-state index in [1.165, 1.54) is 34.2 Å². The Morgan fingerprint density at radius 1 is 1.15 bits per heavy atom. The third kappa shape index (κ3) is 4.42. The van der Waals surface area contributed by atoms with Crippen LogP contribution in [0.1, 0.15) is 21.5 Å². The van der Waals surface area contributed by atoms with Crippen LogP contribution in [-0.4, -0.2) is 28.8 Å². The SMILES string of the molecule is COc1ccc(C(=O)CSc2nnc(Nc3cccc(C)c3C)s2)cc1. The van der Waals surface area contributed by atoms with E-state index in [1.54, 1.807) is 31.4 Å². The zero-order valence-electron chi connectivity index (χ0n) is 14.8. The molecule has 0 unspecified atom stereocenters. The van der Waals surface area contributed by atoms with Gasteiger partial charge >= 0.3 is 0 Å². The maximum Gasteiger partial charge on any atom is 0.210 e. The van der Waals surface area contributed by atoms with Gasteiger partial charge < -0.3 is 10.1 Å². The first kappa shape index (κ1) is 18.4. The highest BCUT2D eigenvalue weighted by Crippen LogP contribution is 2.29. The quantitative estimate of drug-likeness (QED) is 0.462. The number of benzene rings is 2. The number of carbonyl (C=O) groups is 1. The molecule has 1 aromatic heterocycles. The Hall–Kier alpha value is -2.38. The number of aromatic nitrogens is 2. The van der Waals surface area contributed by atoms with E-state index in [0.29, 0.717) is 11.3 Å². The molecule has 1 heterocycles. The fraction of sp³-hybridized carbons (Fsp3) is 0.211. The van der Waals surface area contributed by atoms with Gasteiger partial charge in [0.2, 0.25) is 5.13 Å². The Balaban J connectivity index is 1.59. The number of ether oxygens (including phenoxy) is 1. The number of thioether (sulfide) groups is 1. The second-order valence-electron chi connectivity index (χ2n) is 5.69. The second-order valence-corrected chi connectivity index (χ2v) is 7.89. The van der Waals surface area contributed by atoms with Crippen LogP contribution in [0.5, 0.6) is 5.75 Å². The fourth-order valence-corrected chi connectivity index (χ4v) is 3.97. The summed E-state index contributed by atoms with van der Waals surface area (Å²) < 4.78 is 5.87. The van der Waals surface area contributed by atoms with Crippen LogP contribution in [0.3, 0.4) is 0 Å². The van der Waals surface area contributed by atoms with Crippen LogP contribution >= 0.6 is 23.1 Å². The predicted octanol–water partition coefficient (Wildman–Crippen LogP) is 4.88. The van der Waals surface area contributed by atoms with E-state index in [0.717, 1.165) is 20.9 Å². The van der Waals surface area contributed by atoms with Gasteiger partial charge in [-0.3, -0.25) is 4.79 Å². The molecule has 3 rings (SSSR count). The Kier molecular flexibility index (Phi) is 5.90. The van der Waals surface area contributed by atoms with Gasteiger partial charge in [0.1, 0.15) is 5.75 Å². The van der Waals surface area contributed by atoms with Gasteiger partial charge in [-0.2, -0.15) is 0 Å². The summed E-state index contributed by atoms with van der Waals surface area (Å²) in [6, 6.07) is 13.2. The lowest BCUT2D eigenvalue weighted by Crippen LogP contribution is -2.02. The molecule has 1 N–H and O–H groups in total. The van der Waals surface area contributed by atoms with Crippen LogP contribution in [0.4, 0.5) is 10.8 Å². The molecule has 0 aliphatic heterocycles. The van der Waals surface area contributed by atoms with Gasteiger partial charge in [0, 0.05) is 11.3 Å². The number of methoxy groups -OCH3 is 1. The molecule has 5 nitrogen and oxygen atoms in total. The van der Waals surface area contributed by atoms with E-state index in [-0.39, 0.29) is 5.78 Å². The number of anilines is 2. The van der Waals surface area contributed by atoms with Crippen LogP contribution in [0, 0.1) is 13.8 Å². The van der Waals surface area contributed by atoms with Crippen molar-refractivity contribution in [3.05, 3.63) is 59.2 Å². The molecule has 0 aliphatic carbocycles. The molecule has 0 amide bonds. The molecule has 26 heavy (non-hydrogen) atoms. The minimum Gasteiger partial charge on any atom is -0.497 e. The molecular weight excluding hydrogens is 366 g/mol. The van der Waals surface area contributed by atoms with Crippen LogP contribution in [-0.2, 0) is 0 Å². The summed E-state index contributed by atoms with van der Waals surface area (Å²) in [5.74, 6) is 1.11. The number of aryl methyl sites for hydroxylation is 1. The maximum atomic E-state index is 12.3. The minimum absolute atomic E-state index is 0.0527. The minimum atomic E-state index is 0.0527. The number of rotatable bonds is 7. The van der Waals surface area contributed by atoms with Crippen molar-refractivity contribution >= 4 is 39.7 Å².